The van der Waals surface area contributed by atoms with Crippen molar-refractivity contribution in [1.82, 2.24) is 0 Å². The normalized spacial score (nSPS) is 34.8. The molecule has 0 aromatic rings. The molecule has 13 heavy (non-hydrogen) atoms. The van der Waals surface area contributed by atoms with Crippen molar-refractivity contribution in [3.8, 4) is 0 Å². The predicted molar refractivity (Wildman–Crippen MR) is 53.4 cm³/mol. The van der Waals surface area contributed by atoms with Crippen molar-refractivity contribution in [1.29, 1.82) is 0 Å². The van der Waals surface area contributed by atoms with Crippen LogP contribution in [0.3, 0.4) is 0 Å². The summed E-state index contributed by atoms with van der Waals surface area (Å²) in [7, 11) is 0. The van der Waals surface area contributed by atoms with E-state index in [-0.39, 0.29) is 0 Å². The molecule has 2 atom stereocenters. The van der Waals surface area contributed by atoms with Gasteiger partial charge in [-0.2, -0.15) is 0 Å². The maximum atomic E-state index is 11.8. The van der Waals surface area contributed by atoms with Gasteiger partial charge in [0.25, 0.3) is 0 Å². The Bertz CT molecular complexity index is 262. The lowest BCUT2D eigenvalue weighted by Gasteiger charge is -2.17. The smallest absolute Gasteiger partial charge is 0.159 e. The largest absolute Gasteiger partial charge is 0.295 e. The van der Waals surface area contributed by atoms with Crippen LogP contribution in [0.2, 0.25) is 0 Å². The molecule has 1 saturated carbocycles. The Labute approximate surface area is 80.2 Å². The standard InChI is InChI=1S/C12H18O/c1-8-4-3-5-11(13)12-9(2)6-7-10(8)12/h8,10H,3-7H2,1-2H3/t8-,10-/m0/s1. The number of carbonyl (C=O) groups is 1. The number of allylic oxidation sites excluding steroid dienone is 2. The highest BCUT2D eigenvalue weighted by Gasteiger charge is 2.33. The van der Waals surface area contributed by atoms with E-state index in [0.717, 1.165) is 25.2 Å². The number of ketones is 1. The highest BCUT2D eigenvalue weighted by atomic mass is 16.1. The monoisotopic (exact) mass is 178 g/mol. The molecule has 2 rings (SSSR count). The molecule has 0 saturated heterocycles. The van der Waals surface area contributed by atoms with Crippen LogP contribution in [0.25, 0.3) is 0 Å². The van der Waals surface area contributed by atoms with Gasteiger partial charge in [-0.05, 0) is 50.0 Å². The molecule has 1 nitrogen and oxygen atoms in total. The average molecular weight is 178 g/mol. The van der Waals surface area contributed by atoms with Gasteiger partial charge in [0.1, 0.15) is 0 Å². The third-order valence-corrected chi connectivity index (χ3v) is 3.71. The molecule has 1 fully saturated rings. The summed E-state index contributed by atoms with van der Waals surface area (Å²) in [6.45, 7) is 4.45. The van der Waals surface area contributed by atoms with Gasteiger partial charge in [0.2, 0.25) is 0 Å². The molecule has 1 heteroatoms. The van der Waals surface area contributed by atoms with Gasteiger partial charge in [0.05, 0.1) is 0 Å². The first kappa shape index (κ1) is 8.98. The van der Waals surface area contributed by atoms with E-state index in [1.165, 1.54) is 24.0 Å². The lowest BCUT2D eigenvalue weighted by molar-refractivity contribution is -0.115. The molecule has 0 unspecified atom stereocenters. The highest BCUT2D eigenvalue weighted by molar-refractivity contribution is 5.97. The average Bonchev–Trinajstić information content (AvgIpc) is 2.40. The van der Waals surface area contributed by atoms with Gasteiger partial charge in [-0.1, -0.05) is 12.5 Å². The van der Waals surface area contributed by atoms with E-state index in [9.17, 15) is 4.79 Å². The minimum atomic E-state index is 0.448. The molecule has 0 heterocycles. The van der Waals surface area contributed by atoms with Crippen molar-refractivity contribution < 1.29 is 4.79 Å². The van der Waals surface area contributed by atoms with Gasteiger partial charge in [0.15, 0.2) is 5.78 Å². The van der Waals surface area contributed by atoms with Crippen molar-refractivity contribution in [2.45, 2.75) is 46.0 Å². The van der Waals surface area contributed by atoms with Crippen LogP contribution in [0.5, 0.6) is 0 Å². The van der Waals surface area contributed by atoms with Gasteiger partial charge in [0, 0.05) is 6.42 Å². The third-order valence-electron chi connectivity index (χ3n) is 3.71. The van der Waals surface area contributed by atoms with Crippen LogP contribution >= 0.6 is 0 Å². The molecule has 0 aromatic heterocycles. The summed E-state index contributed by atoms with van der Waals surface area (Å²) in [4.78, 5) is 11.8. The molecule has 0 N–H and O–H groups in total. The molecule has 0 bridgehead atoms. The van der Waals surface area contributed by atoms with Crippen LogP contribution in [0.1, 0.15) is 46.0 Å². The van der Waals surface area contributed by atoms with E-state index >= 15 is 0 Å². The topological polar surface area (TPSA) is 17.1 Å². The molecular formula is C12H18O. The fourth-order valence-corrected chi connectivity index (χ4v) is 2.90. The van der Waals surface area contributed by atoms with E-state index in [0.29, 0.717) is 11.7 Å². The van der Waals surface area contributed by atoms with Crippen molar-refractivity contribution in [3.05, 3.63) is 11.1 Å². The molecule has 2 aliphatic carbocycles. The Kier molecular flexibility index (Phi) is 2.27. The number of rotatable bonds is 0. The van der Waals surface area contributed by atoms with Crippen LogP contribution in [0.4, 0.5) is 0 Å². The first-order chi connectivity index (χ1) is 6.20. The van der Waals surface area contributed by atoms with E-state index in [1.54, 1.807) is 0 Å². The number of Topliss-reactive ketones (excluding diaryl/α,β-unsaturated/α-hetero) is 1. The zero-order valence-electron chi connectivity index (χ0n) is 8.60. The number of hydrogen-bond acceptors (Lipinski definition) is 1. The van der Waals surface area contributed by atoms with E-state index in [1.807, 2.05) is 0 Å². The summed E-state index contributed by atoms with van der Waals surface area (Å²) in [5.74, 6) is 1.79. The second-order valence-electron chi connectivity index (χ2n) is 4.63. The zero-order chi connectivity index (χ0) is 9.42. The molecule has 0 radical (unpaired) electrons. The molecule has 0 aliphatic heterocycles. The fourth-order valence-electron chi connectivity index (χ4n) is 2.90. The van der Waals surface area contributed by atoms with Crippen LogP contribution in [-0.2, 0) is 4.79 Å². The summed E-state index contributed by atoms with van der Waals surface area (Å²) in [6, 6.07) is 0. The molecule has 0 aromatic carbocycles. The summed E-state index contributed by atoms with van der Waals surface area (Å²) in [5, 5.41) is 0. The fraction of sp³-hybridized carbons (Fsp3) is 0.750. The Balaban J connectivity index is 2.33. The predicted octanol–water partition coefficient (Wildman–Crippen LogP) is 3.10. The second-order valence-corrected chi connectivity index (χ2v) is 4.63. The van der Waals surface area contributed by atoms with Crippen LogP contribution in [0, 0.1) is 11.8 Å². The SMILES string of the molecule is CC1=C2C(=O)CCC[C@H](C)[C@@H]2CC1. The number of fused-ring (bicyclic) bond motifs is 1. The summed E-state index contributed by atoms with van der Waals surface area (Å²) in [5.41, 5.74) is 2.59. The quantitative estimate of drug-likeness (QED) is 0.557. The Hall–Kier alpha value is -0.590. The summed E-state index contributed by atoms with van der Waals surface area (Å²) in [6.07, 6.45) is 5.54. The van der Waals surface area contributed by atoms with Gasteiger partial charge in [-0.15, -0.1) is 0 Å². The van der Waals surface area contributed by atoms with Gasteiger partial charge in [-0.3, -0.25) is 4.79 Å². The molecular weight excluding hydrogens is 160 g/mol. The van der Waals surface area contributed by atoms with Crippen molar-refractivity contribution in [2.24, 2.45) is 11.8 Å². The third kappa shape index (κ3) is 1.45. The minimum absolute atomic E-state index is 0.448. The molecule has 2 aliphatic rings. The van der Waals surface area contributed by atoms with Crippen LogP contribution in [0.15, 0.2) is 11.1 Å². The van der Waals surface area contributed by atoms with E-state index in [2.05, 4.69) is 13.8 Å². The zero-order valence-corrected chi connectivity index (χ0v) is 8.60. The van der Waals surface area contributed by atoms with Crippen LogP contribution < -0.4 is 0 Å². The number of carbonyl (C=O) groups excluding carboxylic acids is 1. The van der Waals surface area contributed by atoms with Crippen molar-refractivity contribution in [2.75, 3.05) is 0 Å². The van der Waals surface area contributed by atoms with Gasteiger partial charge >= 0.3 is 0 Å². The molecule has 0 spiro atoms. The van der Waals surface area contributed by atoms with Crippen molar-refractivity contribution >= 4 is 5.78 Å². The Morgan fingerprint density at radius 3 is 2.77 bits per heavy atom. The second kappa shape index (κ2) is 3.28. The Morgan fingerprint density at radius 2 is 2.00 bits per heavy atom. The minimum Gasteiger partial charge on any atom is -0.295 e. The first-order valence-electron chi connectivity index (χ1n) is 5.43. The van der Waals surface area contributed by atoms with Gasteiger partial charge in [-0.25, -0.2) is 0 Å². The first-order valence-corrected chi connectivity index (χ1v) is 5.43. The molecule has 72 valence electrons. The highest BCUT2D eigenvalue weighted by Crippen LogP contribution is 2.41. The maximum absolute atomic E-state index is 11.8. The maximum Gasteiger partial charge on any atom is 0.159 e. The van der Waals surface area contributed by atoms with E-state index in [4.69, 9.17) is 0 Å². The van der Waals surface area contributed by atoms with Gasteiger partial charge < -0.3 is 0 Å². The summed E-state index contributed by atoms with van der Waals surface area (Å²) < 4.78 is 0. The van der Waals surface area contributed by atoms with E-state index < -0.39 is 0 Å². The summed E-state index contributed by atoms with van der Waals surface area (Å²) >= 11 is 0. The van der Waals surface area contributed by atoms with Crippen LogP contribution in [-0.4, -0.2) is 5.78 Å². The Morgan fingerprint density at radius 1 is 1.23 bits per heavy atom. The molecule has 0 amide bonds. The lowest BCUT2D eigenvalue weighted by atomic mass is 9.86. The number of hydrogen-bond donors (Lipinski definition) is 0. The lowest BCUT2D eigenvalue weighted by Crippen LogP contribution is -2.13. The van der Waals surface area contributed by atoms with Crippen molar-refractivity contribution in [3.63, 3.8) is 0 Å².